The molecule has 0 aliphatic rings. The molecule has 0 saturated heterocycles. The Hall–Kier alpha value is -1.80. The molecule has 2 N–H and O–H groups in total. The molecule has 0 unspecified atom stereocenters. The van der Waals surface area contributed by atoms with Crippen LogP contribution in [0.1, 0.15) is 23.6 Å². The normalized spacial score (nSPS) is 10.4. The summed E-state index contributed by atoms with van der Waals surface area (Å²) < 4.78 is 5.64. The standard InChI is InChI=1S/C17H21NO/c1-3-19-17-7-5-4-6-16(17)13-18-12-15-10-8-14(2)9-11-15/h4-11,18H,3,12-13H2,1-2H3/p+1. The molecule has 2 aromatic carbocycles. The molecule has 0 aliphatic heterocycles. The molecular weight excluding hydrogens is 234 g/mol. The van der Waals surface area contributed by atoms with Crippen LogP contribution in [0.5, 0.6) is 5.75 Å². The first-order valence-corrected chi connectivity index (χ1v) is 6.87. The highest BCUT2D eigenvalue weighted by Crippen LogP contribution is 2.16. The number of ether oxygens (including phenoxy) is 1. The van der Waals surface area contributed by atoms with E-state index in [0.717, 1.165) is 25.4 Å². The maximum absolute atomic E-state index is 5.64. The average Bonchev–Trinajstić information content (AvgIpc) is 2.43. The van der Waals surface area contributed by atoms with E-state index >= 15 is 0 Å². The number of quaternary nitrogens is 1. The number of nitrogens with two attached hydrogens (primary N) is 1. The molecule has 0 bridgehead atoms. The molecule has 0 fully saturated rings. The molecule has 0 atom stereocenters. The summed E-state index contributed by atoms with van der Waals surface area (Å²) in [6.45, 7) is 6.80. The van der Waals surface area contributed by atoms with Crippen LogP contribution in [0, 0.1) is 6.92 Å². The largest absolute Gasteiger partial charge is 0.493 e. The molecule has 0 saturated carbocycles. The Balaban J connectivity index is 1.90. The second-order valence-electron chi connectivity index (χ2n) is 4.72. The summed E-state index contributed by atoms with van der Waals surface area (Å²) in [7, 11) is 0. The van der Waals surface area contributed by atoms with Gasteiger partial charge in [0.2, 0.25) is 0 Å². The summed E-state index contributed by atoms with van der Waals surface area (Å²) in [6.07, 6.45) is 0. The molecule has 0 aromatic heterocycles. The van der Waals surface area contributed by atoms with E-state index in [-0.39, 0.29) is 0 Å². The van der Waals surface area contributed by atoms with Gasteiger partial charge in [-0.05, 0) is 26.0 Å². The lowest BCUT2D eigenvalue weighted by molar-refractivity contribution is -0.686. The molecule has 2 heteroatoms. The Morgan fingerprint density at radius 1 is 0.947 bits per heavy atom. The van der Waals surface area contributed by atoms with E-state index in [0.29, 0.717) is 0 Å². The highest BCUT2D eigenvalue weighted by Gasteiger charge is 2.04. The van der Waals surface area contributed by atoms with Gasteiger partial charge in [0.25, 0.3) is 0 Å². The van der Waals surface area contributed by atoms with Crippen molar-refractivity contribution in [1.29, 1.82) is 0 Å². The third-order valence-electron chi connectivity index (χ3n) is 3.14. The number of hydrogen-bond donors (Lipinski definition) is 1. The van der Waals surface area contributed by atoms with Crippen LogP contribution in [0.15, 0.2) is 48.5 Å². The molecule has 0 heterocycles. The van der Waals surface area contributed by atoms with E-state index in [1.165, 1.54) is 16.7 Å². The third-order valence-corrected chi connectivity index (χ3v) is 3.14. The van der Waals surface area contributed by atoms with Crippen LogP contribution in [0.4, 0.5) is 0 Å². The van der Waals surface area contributed by atoms with Crippen LogP contribution in [-0.2, 0) is 13.1 Å². The third kappa shape index (κ3) is 4.11. The molecule has 0 radical (unpaired) electrons. The fourth-order valence-electron chi connectivity index (χ4n) is 2.09. The monoisotopic (exact) mass is 256 g/mol. The van der Waals surface area contributed by atoms with Crippen LogP contribution in [0.25, 0.3) is 0 Å². The van der Waals surface area contributed by atoms with E-state index in [4.69, 9.17) is 4.74 Å². The van der Waals surface area contributed by atoms with Gasteiger partial charge in [0.1, 0.15) is 18.8 Å². The van der Waals surface area contributed by atoms with Crippen molar-refractivity contribution >= 4 is 0 Å². The van der Waals surface area contributed by atoms with E-state index in [1.54, 1.807) is 0 Å². The first-order valence-electron chi connectivity index (χ1n) is 6.87. The lowest BCUT2D eigenvalue weighted by atomic mass is 10.1. The maximum atomic E-state index is 5.64. The van der Waals surface area contributed by atoms with Crippen molar-refractivity contribution in [3.63, 3.8) is 0 Å². The SMILES string of the molecule is CCOc1ccccc1C[NH2+]Cc1ccc(C)cc1. The van der Waals surface area contributed by atoms with Gasteiger partial charge in [0.05, 0.1) is 6.61 Å². The highest BCUT2D eigenvalue weighted by molar-refractivity contribution is 5.32. The van der Waals surface area contributed by atoms with E-state index in [9.17, 15) is 0 Å². The van der Waals surface area contributed by atoms with Gasteiger partial charge in [-0.1, -0.05) is 42.0 Å². The Bertz CT molecular complexity index is 505. The lowest BCUT2D eigenvalue weighted by Gasteiger charge is -2.09. The smallest absolute Gasteiger partial charge is 0.128 e. The van der Waals surface area contributed by atoms with Crippen molar-refractivity contribution in [2.24, 2.45) is 0 Å². The number of hydrogen-bond acceptors (Lipinski definition) is 1. The molecule has 0 spiro atoms. The Morgan fingerprint density at radius 2 is 1.68 bits per heavy atom. The first kappa shape index (κ1) is 13.6. The van der Waals surface area contributed by atoms with Gasteiger partial charge in [-0.2, -0.15) is 0 Å². The van der Waals surface area contributed by atoms with Crippen LogP contribution in [0.3, 0.4) is 0 Å². The summed E-state index contributed by atoms with van der Waals surface area (Å²) in [5.41, 5.74) is 3.93. The van der Waals surface area contributed by atoms with E-state index in [2.05, 4.69) is 48.6 Å². The van der Waals surface area contributed by atoms with Crippen molar-refractivity contribution in [3.05, 3.63) is 65.2 Å². The zero-order valence-electron chi connectivity index (χ0n) is 11.7. The average molecular weight is 256 g/mol. The second-order valence-corrected chi connectivity index (χ2v) is 4.72. The molecule has 2 aromatic rings. The van der Waals surface area contributed by atoms with Crippen LogP contribution < -0.4 is 10.1 Å². The predicted octanol–water partition coefficient (Wildman–Crippen LogP) is 2.66. The quantitative estimate of drug-likeness (QED) is 0.845. The van der Waals surface area contributed by atoms with Crippen LogP contribution >= 0.6 is 0 Å². The zero-order chi connectivity index (χ0) is 13.5. The minimum Gasteiger partial charge on any atom is -0.493 e. The molecule has 100 valence electrons. The molecule has 2 nitrogen and oxygen atoms in total. The number of aryl methyl sites for hydroxylation is 1. The van der Waals surface area contributed by atoms with E-state index < -0.39 is 0 Å². The zero-order valence-corrected chi connectivity index (χ0v) is 11.7. The van der Waals surface area contributed by atoms with E-state index in [1.807, 2.05) is 19.1 Å². The Labute approximate surface area is 115 Å². The molecule has 2 rings (SSSR count). The fraction of sp³-hybridized carbons (Fsp3) is 0.294. The number of para-hydroxylation sites is 1. The molecule has 0 amide bonds. The Morgan fingerprint density at radius 3 is 2.42 bits per heavy atom. The summed E-state index contributed by atoms with van der Waals surface area (Å²) in [5, 5.41) is 2.31. The topological polar surface area (TPSA) is 25.8 Å². The molecule has 0 aliphatic carbocycles. The summed E-state index contributed by atoms with van der Waals surface area (Å²) in [5.74, 6) is 1.00. The van der Waals surface area contributed by atoms with Gasteiger partial charge in [-0.3, -0.25) is 0 Å². The van der Waals surface area contributed by atoms with Gasteiger partial charge in [-0.25, -0.2) is 0 Å². The highest BCUT2D eigenvalue weighted by atomic mass is 16.5. The molecule has 19 heavy (non-hydrogen) atoms. The summed E-state index contributed by atoms with van der Waals surface area (Å²) >= 11 is 0. The minimum atomic E-state index is 0.717. The maximum Gasteiger partial charge on any atom is 0.128 e. The van der Waals surface area contributed by atoms with Gasteiger partial charge in [-0.15, -0.1) is 0 Å². The fourth-order valence-corrected chi connectivity index (χ4v) is 2.09. The number of rotatable bonds is 6. The van der Waals surface area contributed by atoms with Gasteiger partial charge < -0.3 is 10.1 Å². The van der Waals surface area contributed by atoms with Gasteiger partial charge >= 0.3 is 0 Å². The van der Waals surface area contributed by atoms with Crippen molar-refractivity contribution < 1.29 is 10.1 Å². The van der Waals surface area contributed by atoms with Crippen molar-refractivity contribution in [3.8, 4) is 5.75 Å². The summed E-state index contributed by atoms with van der Waals surface area (Å²) in [4.78, 5) is 0. The van der Waals surface area contributed by atoms with Crippen molar-refractivity contribution in [2.75, 3.05) is 6.61 Å². The van der Waals surface area contributed by atoms with Crippen LogP contribution in [-0.4, -0.2) is 6.61 Å². The van der Waals surface area contributed by atoms with Crippen molar-refractivity contribution in [1.82, 2.24) is 0 Å². The number of benzene rings is 2. The van der Waals surface area contributed by atoms with Gasteiger partial charge in [0, 0.05) is 11.1 Å². The van der Waals surface area contributed by atoms with Gasteiger partial charge in [0.15, 0.2) is 0 Å². The first-order chi connectivity index (χ1) is 9.29. The van der Waals surface area contributed by atoms with Crippen LogP contribution in [0.2, 0.25) is 0 Å². The Kier molecular flexibility index (Phi) is 4.99. The lowest BCUT2D eigenvalue weighted by Crippen LogP contribution is -2.80. The predicted molar refractivity (Wildman–Crippen MR) is 78.1 cm³/mol. The second kappa shape index (κ2) is 6.95. The molecular formula is C17H22NO+. The minimum absolute atomic E-state index is 0.717. The van der Waals surface area contributed by atoms with Crippen molar-refractivity contribution in [2.45, 2.75) is 26.9 Å². The summed E-state index contributed by atoms with van der Waals surface area (Å²) in [6, 6.07) is 17.0.